The van der Waals surface area contributed by atoms with Gasteiger partial charge in [-0.25, -0.2) is 14.2 Å². The van der Waals surface area contributed by atoms with Crippen molar-refractivity contribution in [2.45, 2.75) is 13.0 Å². The third kappa shape index (κ3) is 6.32. The number of hydrogen-bond donors (Lipinski definition) is 1. The van der Waals surface area contributed by atoms with E-state index in [1.807, 2.05) is 30.3 Å². The molecule has 5 rings (SSSR count). The lowest BCUT2D eigenvalue weighted by Gasteiger charge is -2.22. The molecule has 0 saturated carbocycles. The molecule has 0 spiro atoms. The summed E-state index contributed by atoms with van der Waals surface area (Å²) >= 11 is 0. The van der Waals surface area contributed by atoms with Crippen molar-refractivity contribution in [3.63, 3.8) is 0 Å². The number of pyridine rings is 1. The van der Waals surface area contributed by atoms with E-state index in [9.17, 15) is 23.6 Å². The molecular weight excluding hydrogens is 555 g/mol. The summed E-state index contributed by atoms with van der Waals surface area (Å²) < 4.78 is 20.4. The Bertz CT molecular complexity index is 1740. The number of carbonyl (C=O) groups is 3. The number of halogens is 1. The van der Waals surface area contributed by atoms with Gasteiger partial charge in [0.1, 0.15) is 12.4 Å². The number of Topliss-reactive ketones (excluding diaryl/α,β-unsaturated/α-hetero) is 1. The lowest BCUT2D eigenvalue weighted by molar-refractivity contribution is -0.117. The monoisotopic (exact) mass is 586 g/mol. The smallest absolute Gasteiger partial charge is 0.324 e. The molecule has 1 saturated heterocycles. The zero-order valence-corrected chi connectivity index (χ0v) is 24.0. The number of rotatable bonds is 10. The van der Waals surface area contributed by atoms with Crippen molar-refractivity contribution in [2.24, 2.45) is 0 Å². The van der Waals surface area contributed by atoms with Gasteiger partial charge in [-0.1, -0.05) is 42.5 Å². The predicted molar refractivity (Wildman–Crippen MR) is 159 cm³/mol. The molecular formula is C31H31FN6O5. The number of benzene rings is 2. The molecule has 12 heteroatoms. The lowest BCUT2D eigenvalue weighted by Crippen LogP contribution is -2.34. The second-order valence-corrected chi connectivity index (χ2v) is 10.4. The predicted octanol–water partition coefficient (Wildman–Crippen LogP) is 2.89. The minimum absolute atomic E-state index is 0.0107. The van der Waals surface area contributed by atoms with Gasteiger partial charge < -0.3 is 19.9 Å². The topological polar surface area (TPSA) is 117 Å². The highest BCUT2D eigenvalue weighted by Gasteiger charge is 2.31. The van der Waals surface area contributed by atoms with Gasteiger partial charge in [0.2, 0.25) is 5.75 Å². The van der Waals surface area contributed by atoms with Gasteiger partial charge >= 0.3 is 11.6 Å². The number of amides is 3. The van der Waals surface area contributed by atoms with Gasteiger partial charge in [-0.15, -0.1) is 0 Å². The van der Waals surface area contributed by atoms with Crippen LogP contribution >= 0.6 is 0 Å². The fraction of sp³-hybridized carbons (Fsp3) is 0.258. The van der Waals surface area contributed by atoms with Crippen LogP contribution in [0, 0.1) is 5.82 Å². The van der Waals surface area contributed by atoms with E-state index in [2.05, 4.69) is 10.3 Å². The van der Waals surface area contributed by atoms with E-state index in [4.69, 9.17) is 4.74 Å². The number of aromatic nitrogens is 2. The van der Waals surface area contributed by atoms with Crippen LogP contribution < -0.4 is 25.4 Å². The van der Waals surface area contributed by atoms with E-state index < -0.39 is 17.3 Å². The number of urea groups is 1. The quantitative estimate of drug-likeness (QED) is 0.304. The van der Waals surface area contributed by atoms with E-state index in [0.717, 1.165) is 5.56 Å². The lowest BCUT2D eigenvalue weighted by atomic mass is 10.1. The number of nitrogens with zero attached hydrogens (tertiary/aromatic N) is 5. The number of ether oxygens (including phenoxy) is 1. The van der Waals surface area contributed by atoms with E-state index in [-0.39, 0.29) is 48.5 Å². The normalized spacial score (nSPS) is 13.0. The highest BCUT2D eigenvalue weighted by Crippen LogP contribution is 2.29. The second-order valence-electron chi connectivity index (χ2n) is 10.4. The summed E-state index contributed by atoms with van der Waals surface area (Å²) in [6.07, 6.45) is 1.55. The van der Waals surface area contributed by atoms with E-state index in [1.165, 1.54) is 33.6 Å². The van der Waals surface area contributed by atoms with E-state index in [0.29, 0.717) is 30.0 Å². The van der Waals surface area contributed by atoms with Crippen LogP contribution in [0.4, 0.5) is 20.6 Å². The minimum Gasteiger partial charge on any atom is -0.481 e. The maximum atomic E-state index is 14.0. The number of nitrogens with one attached hydrogen (secondary N) is 1. The van der Waals surface area contributed by atoms with Gasteiger partial charge in [0.05, 0.1) is 17.9 Å². The first-order valence-electron chi connectivity index (χ1n) is 13.6. The van der Waals surface area contributed by atoms with Gasteiger partial charge in [-0.05, 0) is 29.3 Å². The summed E-state index contributed by atoms with van der Waals surface area (Å²) in [6.45, 7) is 0.479. The number of fused-ring (bicyclic) bond motifs is 1. The molecule has 1 N–H and O–H groups in total. The first kappa shape index (κ1) is 29.2. The Morgan fingerprint density at radius 2 is 1.74 bits per heavy atom. The Balaban J connectivity index is 1.54. The highest BCUT2D eigenvalue weighted by atomic mass is 19.1. The SMILES string of the molecule is CN1CCN(c2cc(N(C)C)cn3c(=O)c(OCc4ccccc4)c(C(=O)NCC(=O)Cc4ccc(F)cc4)nc23)C1=O. The average molecular weight is 587 g/mol. The second kappa shape index (κ2) is 12.3. The number of hydrogen-bond acceptors (Lipinski definition) is 7. The molecule has 0 bridgehead atoms. The molecule has 1 fully saturated rings. The summed E-state index contributed by atoms with van der Waals surface area (Å²) in [7, 11) is 5.29. The van der Waals surface area contributed by atoms with Crippen LogP contribution in [0.3, 0.4) is 0 Å². The maximum absolute atomic E-state index is 14.0. The fourth-order valence-electron chi connectivity index (χ4n) is 4.67. The molecule has 2 aromatic carbocycles. The van der Waals surface area contributed by atoms with Crippen molar-refractivity contribution >= 4 is 34.7 Å². The molecule has 0 unspecified atom stereocenters. The fourth-order valence-corrected chi connectivity index (χ4v) is 4.67. The van der Waals surface area contributed by atoms with Crippen molar-refractivity contribution in [1.29, 1.82) is 0 Å². The summed E-state index contributed by atoms with van der Waals surface area (Å²) in [5.41, 5.74) is 1.48. The van der Waals surface area contributed by atoms with Gasteiger partial charge in [-0.2, -0.15) is 0 Å². The third-order valence-corrected chi connectivity index (χ3v) is 7.07. The van der Waals surface area contributed by atoms with Crippen molar-refractivity contribution < 1.29 is 23.5 Å². The zero-order valence-electron chi connectivity index (χ0n) is 24.0. The molecule has 222 valence electrons. The molecule has 2 aromatic heterocycles. The Morgan fingerprint density at radius 1 is 1.02 bits per heavy atom. The summed E-state index contributed by atoms with van der Waals surface area (Å²) in [6, 6.07) is 16.1. The molecule has 0 radical (unpaired) electrons. The maximum Gasteiger partial charge on any atom is 0.324 e. The van der Waals surface area contributed by atoms with Gasteiger partial charge in [0, 0.05) is 46.9 Å². The van der Waals surface area contributed by atoms with Crippen molar-refractivity contribution in [3.8, 4) is 5.75 Å². The van der Waals surface area contributed by atoms with Crippen LogP contribution in [0.15, 0.2) is 71.7 Å². The van der Waals surface area contributed by atoms with Gasteiger partial charge in [0.25, 0.3) is 5.91 Å². The van der Waals surface area contributed by atoms with Crippen molar-refractivity contribution in [2.75, 3.05) is 50.6 Å². The van der Waals surface area contributed by atoms with Crippen LogP contribution in [0.25, 0.3) is 5.65 Å². The number of likely N-dealkylation sites (N-methyl/N-ethyl adjacent to an activating group) is 1. The van der Waals surface area contributed by atoms with Crippen LogP contribution in [0.2, 0.25) is 0 Å². The molecule has 1 aliphatic rings. The third-order valence-electron chi connectivity index (χ3n) is 7.07. The molecule has 4 aromatic rings. The highest BCUT2D eigenvalue weighted by molar-refractivity contribution is 6.01. The molecule has 0 aliphatic carbocycles. The number of ketones is 1. The first-order valence-corrected chi connectivity index (χ1v) is 13.6. The zero-order chi connectivity index (χ0) is 30.7. The van der Waals surface area contributed by atoms with E-state index in [1.54, 1.807) is 43.2 Å². The Morgan fingerprint density at radius 3 is 2.40 bits per heavy atom. The Hall–Kier alpha value is -5.26. The number of carbonyl (C=O) groups excluding carboxylic acids is 3. The van der Waals surface area contributed by atoms with Crippen molar-refractivity contribution in [1.82, 2.24) is 19.6 Å². The van der Waals surface area contributed by atoms with E-state index >= 15 is 0 Å². The standard InChI is InChI=1S/C31H31FN6O5/c1-35(2)23-16-25(37-14-13-36(3)31(37)42)28-34-26(29(40)33-17-24(39)15-20-9-11-22(32)12-10-20)27(30(41)38(28)18-23)43-19-21-7-5-4-6-8-21/h4-12,16,18H,13-15,17,19H2,1-3H3,(H,33,40). The minimum atomic E-state index is -0.789. The Labute approximate surface area is 247 Å². The van der Waals surface area contributed by atoms with Gasteiger partial charge in [0.15, 0.2) is 17.1 Å². The largest absolute Gasteiger partial charge is 0.481 e. The van der Waals surface area contributed by atoms with Crippen LogP contribution in [0.5, 0.6) is 5.75 Å². The summed E-state index contributed by atoms with van der Waals surface area (Å²) in [4.78, 5) is 62.5. The summed E-state index contributed by atoms with van der Waals surface area (Å²) in [5, 5.41) is 2.55. The van der Waals surface area contributed by atoms with Crippen LogP contribution in [-0.2, 0) is 17.8 Å². The van der Waals surface area contributed by atoms with Crippen LogP contribution in [0.1, 0.15) is 21.6 Å². The molecule has 1 aliphatic heterocycles. The van der Waals surface area contributed by atoms with Crippen LogP contribution in [-0.4, -0.2) is 72.8 Å². The van der Waals surface area contributed by atoms with Crippen molar-refractivity contribution in [3.05, 3.63) is 99.9 Å². The summed E-state index contributed by atoms with van der Waals surface area (Å²) in [5.74, 6) is -1.83. The molecule has 3 amide bonds. The molecule has 11 nitrogen and oxygen atoms in total. The van der Waals surface area contributed by atoms with Gasteiger partial charge in [-0.3, -0.25) is 23.7 Å². The molecule has 0 atom stereocenters. The average Bonchev–Trinajstić information content (AvgIpc) is 3.33. The number of anilines is 2. The Kier molecular flexibility index (Phi) is 8.37. The molecule has 3 heterocycles. The first-order chi connectivity index (χ1) is 20.6. The molecule has 43 heavy (non-hydrogen) atoms.